The fourth-order valence-electron chi connectivity index (χ4n) is 2.20. The monoisotopic (exact) mass is 339 g/mol. The first kappa shape index (κ1) is 14.8. The maximum absolute atomic E-state index is 12.0. The van der Waals surface area contributed by atoms with Crippen LogP contribution >= 0.6 is 15.9 Å². The number of nitrogens with one attached hydrogen (secondary N) is 1. The topological polar surface area (TPSA) is 75.4 Å². The second kappa shape index (κ2) is 6.74. The number of nitrogens with zero attached hydrogens (tertiary/aromatic N) is 1. The van der Waals surface area contributed by atoms with Gasteiger partial charge in [0, 0.05) is 23.1 Å². The fourth-order valence-corrected chi connectivity index (χ4v) is 2.70. The first-order chi connectivity index (χ1) is 9.56. The summed E-state index contributed by atoms with van der Waals surface area (Å²) in [6, 6.07) is 5.19. The molecule has 1 fully saturated rings. The van der Waals surface area contributed by atoms with Gasteiger partial charge in [0.05, 0.1) is 12.2 Å². The zero-order valence-corrected chi connectivity index (χ0v) is 12.8. The lowest BCUT2D eigenvalue weighted by Crippen LogP contribution is -2.37. The van der Waals surface area contributed by atoms with Gasteiger partial charge in [-0.2, -0.15) is 0 Å². The van der Waals surface area contributed by atoms with E-state index in [0.29, 0.717) is 24.3 Å². The highest BCUT2D eigenvalue weighted by molar-refractivity contribution is 9.10. The normalized spacial score (nSPS) is 15.8. The minimum atomic E-state index is -0.189. The molecule has 0 aliphatic carbocycles. The smallest absolute Gasteiger partial charge is 0.244 e. The molecule has 1 aromatic rings. The molecule has 0 aromatic heterocycles. The Morgan fingerprint density at radius 2 is 2.15 bits per heavy atom. The minimum Gasteiger partial charge on any atom is -0.399 e. The number of likely N-dealkylation sites (tertiary alicyclic amines) is 1. The zero-order valence-electron chi connectivity index (χ0n) is 11.2. The van der Waals surface area contributed by atoms with Gasteiger partial charge in [0.1, 0.15) is 0 Å². The summed E-state index contributed by atoms with van der Waals surface area (Å²) >= 11 is 3.35. The van der Waals surface area contributed by atoms with Crippen molar-refractivity contribution in [3.63, 3.8) is 0 Å². The molecule has 0 unspecified atom stereocenters. The Morgan fingerprint density at radius 1 is 1.35 bits per heavy atom. The lowest BCUT2D eigenvalue weighted by molar-refractivity contribution is -0.134. The standard InChI is InChI=1S/C14H18BrN3O2/c15-11-8-10(16)5-6-12(11)17-13(19)9-18-7-3-1-2-4-14(18)20/h5-6,8H,1-4,7,9,16H2,(H,17,19). The van der Waals surface area contributed by atoms with E-state index in [2.05, 4.69) is 21.2 Å². The van der Waals surface area contributed by atoms with Crippen LogP contribution in [0.5, 0.6) is 0 Å². The van der Waals surface area contributed by atoms with Crippen LogP contribution in [0.15, 0.2) is 22.7 Å². The van der Waals surface area contributed by atoms with Gasteiger partial charge in [0.25, 0.3) is 0 Å². The second-order valence-electron chi connectivity index (χ2n) is 4.91. The van der Waals surface area contributed by atoms with E-state index < -0.39 is 0 Å². The van der Waals surface area contributed by atoms with E-state index in [1.165, 1.54) is 0 Å². The van der Waals surface area contributed by atoms with E-state index >= 15 is 0 Å². The van der Waals surface area contributed by atoms with Crippen LogP contribution < -0.4 is 11.1 Å². The Kier molecular flexibility index (Phi) is 5.00. The van der Waals surface area contributed by atoms with Crippen LogP contribution in [0, 0.1) is 0 Å². The summed E-state index contributed by atoms with van der Waals surface area (Å²) < 4.78 is 0.730. The first-order valence-electron chi connectivity index (χ1n) is 6.69. The van der Waals surface area contributed by atoms with Crippen LogP contribution in [0.1, 0.15) is 25.7 Å². The van der Waals surface area contributed by atoms with Crippen LogP contribution in [0.4, 0.5) is 11.4 Å². The number of benzene rings is 1. The fraction of sp³-hybridized carbons (Fsp3) is 0.429. The number of carbonyl (C=O) groups is 2. The van der Waals surface area contributed by atoms with E-state index in [-0.39, 0.29) is 18.4 Å². The molecule has 0 atom stereocenters. The highest BCUT2D eigenvalue weighted by atomic mass is 79.9. The molecule has 1 saturated heterocycles. The van der Waals surface area contributed by atoms with Gasteiger partial charge >= 0.3 is 0 Å². The van der Waals surface area contributed by atoms with E-state index in [4.69, 9.17) is 5.73 Å². The third kappa shape index (κ3) is 3.96. The predicted octanol–water partition coefficient (Wildman–Crippen LogP) is 2.37. The number of hydrogen-bond donors (Lipinski definition) is 2. The van der Waals surface area contributed by atoms with Gasteiger partial charge in [-0.1, -0.05) is 6.42 Å². The van der Waals surface area contributed by atoms with E-state index in [1.54, 1.807) is 23.1 Å². The third-order valence-corrected chi connectivity index (χ3v) is 3.93. The number of rotatable bonds is 3. The van der Waals surface area contributed by atoms with Crippen LogP contribution in [-0.2, 0) is 9.59 Å². The molecule has 1 heterocycles. The predicted molar refractivity (Wildman–Crippen MR) is 82.2 cm³/mol. The Hall–Kier alpha value is -1.56. The summed E-state index contributed by atoms with van der Waals surface area (Å²) in [5.74, 6) is -0.125. The van der Waals surface area contributed by atoms with Crippen LogP contribution in [-0.4, -0.2) is 29.8 Å². The molecule has 1 aliphatic rings. The molecule has 2 rings (SSSR count). The van der Waals surface area contributed by atoms with Crippen molar-refractivity contribution < 1.29 is 9.59 Å². The number of nitrogen functional groups attached to an aromatic ring is 1. The number of nitrogens with two attached hydrogens (primary N) is 1. The van der Waals surface area contributed by atoms with Crippen molar-refractivity contribution in [2.75, 3.05) is 24.1 Å². The number of amides is 2. The Bertz CT molecular complexity index is 519. The molecule has 0 spiro atoms. The van der Waals surface area contributed by atoms with Crippen LogP contribution in [0.3, 0.4) is 0 Å². The molecular formula is C14H18BrN3O2. The molecule has 0 radical (unpaired) electrons. The molecule has 1 aliphatic heterocycles. The zero-order chi connectivity index (χ0) is 14.5. The molecule has 5 nitrogen and oxygen atoms in total. The molecule has 0 bridgehead atoms. The largest absolute Gasteiger partial charge is 0.399 e. The summed E-state index contributed by atoms with van der Waals surface area (Å²) in [4.78, 5) is 25.5. The number of carbonyl (C=O) groups excluding carboxylic acids is 2. The molecule has 3 N–H and O–H groups in total. The molecular weight excluding hydrogens is 322 g/mol. The quantitative estimate of drug-likeness (QED) is 0.830. The van der Waals surface area contributed by atoms with Gasteiger partial charge in [-0.3, -0.25) is 9.59 Å². The lowest BCUT2D eigenvalue weighted by atomic mass is 10.2. The average Bonchev–Trinajstić information content (AvgIpc) is 2.59. The van der Waals surface area contributed by atoms with Crippen molar-refractivity contribution in [1.29, 1.82) is 0 Å². The average molecular weight is 340 g/mol. The molecule has 108 valence electrons. The Balaban J connectivity index is 1.96. The van der Waals surface area contributed by atoms with Crippen molar-refractivity contribution in [3.8, 4) is 0 Å². The van der Waals surface area contributed by atoms with E-state index in [9.17, 15) is 9.59 Å². The van der Waals surface area contributed by atoms with Gasteiger partial charge in [0.15, 0.2) is 0 Å². The highest BCUT2D eigenvalue weighted by Gasteiger charge is 2.19. The van der Waals surface area contributed by atoms with Gasteiger partial charge in [-0.25, -0.2) is 0 Å². The molecule has 0 saturated carbocycles. The lowest BCUT2D eigenvalue weighted by Gasteiger charge is -2.20. The molecule has 20 heavy (non-hydrogen) atoms. The highest BCUT2D eigenvalue weighted by Crippen LogP contribution is 2.24. The van der Waals surface area contributed by atoms with Crippen LogP contribution in [0.2, 0.25) is 0 Å². The van der Waals surface area contributed by atoms with Crippen molar-refractivity contribution in [2.45, 2.75) is 25.7 Å². The Morgan fingerprint density at radius 3 is 2.90 bits per heavy atom. The van der Waals surface area contributed by atoms with Gasteiger partial charge in [-0.15, -0.1) is 0 Å². The van der Waals surface area contributed by atoms with Gasteiger partial charge in [0.2, 0.25) is 11.8 Å². The third-order valence-electron chi connectivity index (χ3n) is 3.27. The van der Waals surface area contributed by atoms with Crippen molar-refractivity contribution >= 4 is 39.1 Å². The molecule has 1 aromatic carbocycles. The number of anilines is 2. The minimum absolute atomic E-state index is 0.0639. The van der Waals surface area contributed by atoms with Crippen LogP contribution in [0.25, 0.3) is 0 Å². The summed E-state index contributed by atoms with van der Waals surface area (Å²) in [7, 11) is 0. The van der Waals surface area contributed by atoms with E-state index in [0.717, 1.165) is 23.7 Å². The first-order valence-corrected chi connectivity index (χ1v) is 7.48. The van der Waals surface area contributed by atoms with Crippen molar-refractivity contribution in [3.05, 3.63) is 22.7 Å². The van der Waals surface area contributed by atoms with Gasteiger partial charge < -0.3 is 16.0 Å². The summed E-state index contributed by atoms with van der Waals surface area (Å²) in [5.41, 5.74) is 6.93. The maximum atomic E-state index is 12.0. The maximum Gasteiger partial charge on any atom is 0.244 e. The van der Waals surface area contributed by atoms with Gasteiger partial charge in [-0.05, 0) is 47.0 Å². The Labute approximate surface area is 126 Å². The molecule has 2 amide bonds. The summed E-state index contributed by atoms with van der Waals surface area (Å²) in [5, 5.41) is 2.79. The van der Waals surface area contributed by atoms with Crippen molar-refractivity contribution in [1.82, 2.24) is 4.90 Å². The SMILES string of the molecule is Nc1ccc(NC(=O)CN2CCCCCC2=O)c(Br)c1. The second-order valence-corrected chi connectivity index (χ2v) is 5.77. The van der Waals surface area contributed by atoms with Crippen molar-refractivity contribution in [2.24, 2.45) is 0 Å². The molecule has 6 heteroatoms. The number of hydrogen-bond acceptors (Lipinski definition) is 3. The van der Waals surface area contributed by atoms with E-state index in [1.807, 2.05) is 0 Å². The number of halogens is 1. The summed E-state index contributed by atoms with van der Waals surface area (Å²) in [6.45, 7) is 0.769. The summed E-state index contributed by atoms with van der Waals surface area (Å²) in [6.07, 6.45) is 3.47.